The lowest BCUT2D eigenvalue weighted by Crippen LogP contribution is -2.30. The molecule has 170 valence electrons. The van der Waals surface area contributed by atoms with Gasteiger partial charge < -0.3 is 14.8 Å². The molecule has 0 saturated carbocycles. The number of nitrogens with one attached hydrogen (secondary N) is 1. The molecule has 2 aromatic carbocycles. The van der Waals surface area contributed by atoms with Crippen LogP contribution in [0.2, 0.25) is 0 Å². The minimum atomic E-state index is -0.954. The topological polar surface area (TPSA) is 108 Å². The second-order valence-electron chi connectivity index (χ2n) is 8.19. The Bertz CT molecular complexity index is 1470. The number of pyridine rings is 1. The number of aryl methyl sites for hydroxylation is 2. The van der Waals surface area contributed by atoms with Crippen LogP contribution in [-0.4, -0.2) is 38.9 Å². The first-order valence-corrected chi connectivity index (χ1v) is 10.7. The zero-order chi connectivity index (χ0) is 24.0. The first-order valence-electron chi connectivity index (χ1n) is 10.7. The number of aromatic nitrogens is 3. The van der Waals surface area contributed by atoms with Crippen molar-refractivity contribution >= 4 is 34.4 Å². The Morgan fingerprint density at radius 2 is 1.91 bits per heavy atom. The molecular weight excluding hydrogens is 432 g/mol. The summed E-state index contributed by atoms with van der Waals surface area (Å²) in [5.41, 5.74) is 3.94. The normalized spacial score (nSPS) is 17.5. The zero-order valence-electron chi connectivity index (χ0n) is 18.9. The number of hydrogen-bond donors (Lipinski definition) is 2. The number of Topliss-reactive ketones (excluding diaryl/α,β-unsaturated/α-hetero) is 1. The SMILES string of the molecule is COc1ccc(/C(O)=C2\C(=O)C(=O)N(c3nc4ccc(C)cc4[nH]3)C2c2ccccn2)c(C)c1. The molecule has 8 nitrogen and oxygen atoms in total. The van der Waals surface area contributed by atoms with Crippen LogP contribution >= 0.6 is 0 Å². The molecule has 1 unspecified atom stereocenters. The van der Waals surface area contributed by atoms with Gasteiger partial charge in [-0.15, -0.1) is 0 Å². The van der Waals surface area contributed by atoms with Crippen LogP contribution in [0.5, 0.6) is 5.75 Å². The number of nitrogens with zero attached hydrogens (tertiary/aromatic N) is 3. The minimum Gasteiger partial charge on any atom is -0.507 e. The van der Waals surface area contributed by atoms with Crippen LogP contribution in [0.15, 0.2) is 66.4 Å². The van der Waals surface area contributed by atoms with Gasteiger partial charge in [0.2, 0.25) is 5.95 Å². The fourth-order valence-corrected chi connectivity index (χ4v) is 4.27. The monoisotopic (exact) mass is 454 g/mol. The molecule has 2 aromatic heterocycles. The van der Waals surface area contributed by atoms with Gasteiger partial charge in [-0.05, 0) is 67.4 Å². The zero-order valence-corrected chi connectivity index (χ0v) is 18.9. The van der Waals surface area contributed by atoms with E-state index in [1.54, 1.807) is 56.6 Å². The summed E-state index contributed by atoms with van der Waals surface area (Å²) in [5.74, 6) is -1.04. The second-order valence-corrected chi connectivity index (χ2v) is 8.19. The van der Waals surface area contributed by atoms with Crippen LogP contribution in [0.1, 0.15) is 28.4 Å². The first kappa shape index (κ1) is 21.4. The molecule has 1 fully saturated rings. The van der Waals surface area contributed by atoms with E-state index in [9.17, 15) is 14.7 Å². The van der Waals surface area contributed by atoms with Gasteiger partial charge in [0.1, 0.15) is 17.6 Å². The molecule has 0 aliphatic carbocycles. The van der Waals surface area contributed by atoms with Crippen molar-refractivity contribution < 1.29 is 19.4 Å². The Labute approximate surface area is 195 Å². The highest BCUT2D eigenvalue weighted by molar-refractivity contribution is 6.51. The summed E-state index contributed by atoms with van der Waals surface area (Å²) in [6.45, 7) is 3.75. The second kappa shape index (κ2) is 8.15. The van der Waals surface area contributed by atoms with Gasteiger partial charge in [0.25, 0.3) is 5.78 Å². The lowest BCUT2D eigenvalue weighted by molar-refractivity contribution is -0.132. The summed E-state index contributed by atoms with van der Waals surface area (Å²) < 4.78 is 5.25. The average molecular weight is 454 g/mol. The number of aliphatic hydroxyl groups excluding tert-OH is 1. The van der Waals surface area contributed by atoms with E-state index >= 15 is 0 Å². The summed E-state index contributed by atoms with van der Waals surface area (Å²) in [6.07, 6.45) is 1.58. The molecule has 5 rings (SSSR count). The number of aliphatic hydroxyl groups is 1. The third-order valence-electron chi connectivity index (χ3n) is 5.95. The van der Waals surface area contributed by atoms with Gasteiger partial charge in [-0.25, -0.2) is 4.98 Å². The Morgan fingerprint density at radius 1 is 1.09 bits per heavy atom. The van der Waals surface area contributed by atoms with E-state index in [2.05, 4.69) is 15.0 Å². The van der Waals surface area contributed by atoms with E-state index in [1.807, 2.05) is 25.1 Å². The van der Waals surface area contributed by atoms with Crippen LogP contribution in [0.4, 0.5) is 5.95 Å². The number of ketones is 1. The van der Waals surface area contributed by atoms with Crippen LogP contribution in [0, 0.1) is 13.8 Å². The molecule has 0 spiro atoms. The van der Waals surface area contributed by atoms with Crippen molar-refractivity contribution in [3.63, 3.8) is 0 Å². The number of amides is 1. The van der Waals surface area contributed by atoms with E-state index in [-0.39, 0.29) is 17.3 Å². The number of rotatable bonds is 4. The third kappa shape index (κ3) is 3.40. The van der Waals surface area contributed by atoms with Crippen LogP contribution in [0.3, 0.4) is 0 Å². The maximum atomic E-state index is 13.3. The lowest BCUT2D eigenvalue weighted by atomic mass is 9.96. The molecule has 2 N–H and O–H groups in total. The van der Waals surface area contributed by atoms with Gasteiger partial charge in [-0.1, -0.05) is 12.1 Å². The van der Waals surface area contributed by atoms with E-state index in [0.29, 0.717) is 28.1 Å². The van der Waals surface area contributed by atoms with E-state index < -0.39 is 17.7 Å². The summed E-state index contributed by atoms with van der Waals surface area (Å²) >= 11 is 0. The van der Waals surface area contributed by atoms with Crippen molar-refractivity contribution in [2.45, 2.75) is 19.9 Å². The number of imidazole rings is 1. The number of carbonyl (C=O) groups is 2. The highest BCUT2D eigenvalue weighted by Crippen LogP contribution is 2.41. The Kier molecular flexibility index (Phi) is 5.13. The third-order valence-corrected chi connectivity index (χ3v) is 5.95. The fraction of sp³-hybridized carbons (Fsp3) is 0.154. The molecule has 8 heteroatoms. The number of hydrogen-bond acceptors (Lipinski definition) is 6. The Balaban J connectivity index is 1.72. The van der Waals surface area contributed by atoms with Crippen molar-refractivity contribution in [2.75, 3.05) is 12.0 Å². The highest BCUT2D eigenvalue weighted by atomic mass is 16.5. The van der Waals surface area contributed by atoms with Crippen LogP contribution in [-0.2, 0) is 9.59 Å². The molecule has 1 aliphatic rings. The van der Waals surface area contributed by atoms with Crippen LogP contribution < -0.4 is 9.64 Å². The Morgan fingerprint density at radius 3 is 2.62 bits per heavy atom. The fourth-order valence-electron chi connectivity index (χ4n) is 4.27. The number of ether oxygens (including phenoxy) is 1. The molecular formula is C26H22N4O4. The highest BCUT2D eigenvalue weighted by Gasteiger charge is 2.49. The number of aromatic amines is 1. The van der Waals surface area contributed by atoms with Gasteiger partial charge in [0.15, 0.2) is 0 Å². The van der Waals surface area contributed by atoms with Gasteiger partial charge in [-0.2, -0.15) is 0 Å². The van der Waals surface area contributed by atoms with Crippen molar-refractivity contribution in [3.8, 4) is 5.75 Å². The lowest BCUT2D eigenvalue weighted by Gasteiger charge is -2.22. The summed E-state index contributed by atoms with van der Waals surface area (Å²) in [6, 6.07) is 15.1. The number of fused-ring (bicyclic) bond motifs is 1. The Hall–Kier alpha value is -4.46. The van der Waals surface area contributed by atoms with E-state index in [1.165, 1.54) is 4.90 Å². The van der Waals surface area contributed by atoms with E-state index in [0.717, 1.165) is 11.1 Å². The molecule has 4 aromatic rings. The quantitative estimate of drug-likeness (QED) is 0.272. The number of methoxy groups -OCH3 is 1. The number of H-pyrrole nitrogens is 1. The maximum absolute atomic E-state index is 13.3. The molecule has 0 bridgehead atoms. The number of carbonyl (C=O) groups excluding carboxylic acids is 2. The molecule has 1 aliphatic heterocycles. The molecule has 3 heterocycles. The van der Waals surface area contributed by atoms with Crippen molar-refractivity contribution in [3.05, 3.63) is 88.8 Å². The maximum Gasteiger partial charge on any atom is 0.302 e. The molecule has 1 atom stereocenters. The summed E-state index contributed by atoms with van der Waals surface area (Å²) in [7, 11) is 1.55. The molecule has 34 heavy (non-hydrogen) atoms. The predicted molar refractivity (Wildman–Crippen MR) is 128 cm³/mol. The molecule has 1 amide bonds. The number of benzene rings is 2. The largest absolute Gasteiger partial charge is 0.507 e. The average Bonchev–Trinajstić information content (AvgIpc) is 3.36. The van der Waals surface area contributed by atoms with Gasteiger partial charge in [0.05, 0.1) is 29.4 Å². The van der Waals surface area contributed by atoms with Gasteiger partial charge >= 0.3 is 5.91 Å². The van der Waals surface area contributed by atoms with Gasteiger partial charge in [0, 0.05) is 11.8 Å². The summed E-state index contributed by atoms with van der Waals surface area (Å²) in [5, 5.41) is 11.3. The van der Waals surface area contributed by atoms with Crippen molar-refractivity contribution in [1.29, 1.82) is 0 Å². The van der Waals surface area contributed by atoms with E-state index in [4.69, 9.17) is 4.74 Å². The van der Waals surface area contributed by atoms with Crippen molar-refractivity contribution in [1.82, 2.24) is 15.0 Å². The molecule has 0 radical (unpaired) electrons. The van der Waals surface area contributed by atoms with Crippen molar-refractivity contribution in [2.24, 2.45) is 0 Å². The standard InChI is InChI=1S/C26H22N4O4/c1-14-7-10-18-20(12-14)29-26(28-18)30-22(19-6-4-5-11-27-19)21(24(32)25(30)33)23(31)17-9-8-16(34-3)13-15(17)2/h4-13,22,31H,1-3H3,(H,28,29)/b23-21+. The first-order chi connectivity index (χ1) is 16.4. The number of anilines is 1. The predicted octanol–water partition coefficient (Wildman–Crippen LogP) is 4.21. The summed E-state index contributed by atoms with van der Waals surface area (Å²) in [4.78, 5) is 39.9. The molecule has 1 saturated heterocycles. The minimum absolute atomic E-state index is 0.0476. The van der Waals surface area contributed by atoms with Crippen LogP contribution in [0.25, 0.3) is 16.8 Å². The van der Waals surface area contributed by atoms with Gasteiger partial charge in [-0.3, -0.25) is 19.5 Å². The smallest absolute Gasteiger partial charge is 0.302 e.